The maximum absolute atomic E-state index is 13.0. The first-order valence-corrected chi connectivity index (χ1v) is 11.7. The molecular formula is C25H33NO4. The number of aliphatic hydroxyl groups is 1. The first kappa shape index (κ1) is 20.1. The summed E-state index contributed by atoms with van der Waals surface area (Å²) in [5.74, 6) is 2.86. The second-order valence-corrected chi connectivity index (χ2v) is 9.71. The lowest BCUT2D eigenvalue weighted by Crippen LogP contribution is -2.42. The highest BCUT2D eigenvalue weighted by Crippen LogP contribution is 2.45. The van der Waals surface area contributed by atoms with Crippen molar-refractivity contribution in [3.8, 4) is 0 Å². The number of fused-ring (bicyclic) bond motifs is 2. The Morgan fingerprint density at radius 2 is 1.83 bits per heavy atom. The van der Waals surface area contributed by atoms with Crippen LogP contribution in [0.3, 0.4) is 0 Å². The zero-order chi connectivity index (χ0) is 20.5. The SMILES string of the molecule is O=C(NC1CC2CCC1C2)C1=C[C@@H](C2CCC2)C[C@@H](OCc2ccc(CO)cc2)O1. The minimum absolute atomic E-state index is 0.0435. The van der Waals surface area contributed by atoms with Gasteiger partial charge in [-0.1, -0.05) is 37.1 Å². The fourth-order valence-corrected chi connectivity index (χ4v) is 5.73. The highest BCUT2D eigenvalue weighted by Gasteiger charge is 2.41. The highest BCUT2D eigenvalue weighted by molar-refractivity contribution is 5.91. The van der Waals surface area contributed by atoms with Crippen LogP contribution in [0.2, 0.25) is 0 Å². The van der Waals surface area contributed by atoms with Crippen LogP contribution in [0.4, 0.5) is 0 Å². The third kappa shape index (κ3) is 4.28. The predicted molar refractivity (Wildman–Crippen MR) is 113 cm³/mol. The number of amides is 1. The van der Waals surface area contributed by atoms with Crippen LogP contribution in [-0.4, -0.2) is 23.3 Å². The van der Waals surface area contributed by atoms with Crippen molar-refractivity contribution in [3.05, 3.63) is 47.2 Å². The number of aliphatic hydroxyl groups excluding tert-OH is 1. The Labute approximate surface area is 178 Å². The fourth-order valence-electron chi connectivity index (χ4n) is 5.73. The van der Waals surface area contributed by atoms with Gasteiger partial charge in [0.15, 0.2) is 5.76 Å². The summed E-state index contributed by atoms with van der Waals surface area (Å²) in [7, 11) is 0. The standard InChI is InChI=1S/C25H33NO4/c27-14-16-4-6-17(7-5-16)15-29-24-13-21(19-2-1-3-19)12-23(30-24)25(28)26-22-11-18-8-9-20(22)10-18/h4-7,12,18-22,24,27H,1-3,8-11,13-15H2,(H,26,28)/t18?,20?,21-,22?,24+/m1/s1. The van der Waals surface area contributed by atoms with Crippen LogP contribution in [0.25, 0.3) is 0 Å². The van der Waals surface area contributed by atoms with E-state index in [1.165, 1.54) is 38.5 Å². The molecule has 30 heavy (non-hydrogen) atoms. The van der Waals surface area contributed by atoms with Crippen LogP contribution < -0.4 is 5.32 Å². The highest BCUT2D eigenvalue weighted by atomic mass is 16.7. The summed E-state index contributed by atoms with van der Waals surface area (Å²) in [5.41, 5.74) is 1.93. The van der Waals surface area contributed by atoms with E-state index in [1.807, 2.05) is 24.3 Å². The summed E-state index contributed by atoms with van der Waals surface area (Å²) in [6.45, 7) is 0.483. The molecule has 3 aliphatic carbocycles. The maximum atomic E-state index is 13.0. The fraction of sp³-hybridized carbons (Fsp3) is 0.640. The summed E-state index contributed by atoms with van der Waals surface area (Å²) in [4.78, 5) is 13.0. The Morgan fingerprint density at radius 3 is 2.47 bits per heavy atom. The molecule has 5 heteroatoms. The predicted octanol–water partition coefficient (Wildman–Crippen LogP) is 4.05. The molecule has 3 fully saturated rings. The topological polar surface area (TPSA) is 67.8 Å². The van der Waals surface area contributed by atoms with Crippen molar-refractivity contribution in [1.82, 2.24) is 5.32 Å². The first-order valence-electron chi connectivity index (χ1n) is 11.7. The van der Waals surface area contributed by atoms with Crippen molar-refractivity contribution in [2.75, 3.05) is 0 Å². The third-order valence-electron chi connectivity index (χ3n) is 7.76. The van der Waals surface area contributed by atoms with Gasteiger partial charge < -0.3 is 19.9 Å². The lowest BCUT2D eigenvalue weighted by Gasteiger charge is -2.37. The molecule has 3 saturated carbocycles. The lowest BCUT2D eigenvalue weighted by atomic mass is 9.73. The van der Waals surface area contributed by atoms with Gasteiger partial charge in [-0.2, -0.15) is 0 Å². The molecule has 5 rings (SSSR count). The molecule has 5 nitrogen and oxygen atoms in total. The van der Waals surface area contributed by atoms with E-state index in [9.17, 15) is 9.90 Å². The number of rotatable bonds is 7. The summed E-state index contributed by atoms with van der Waals surface area (Å²) in [6.07, 6.45) is 11.2. The zero-order valence-electron chi connectivity index (χ0n) is 17.6. The largest absolute Gasteiger partial charge is 0.459 e. The molecule has 2 bridgehead atoms. The van der Waals surface area contributed by atoms with Crippen LogP contribution >= 0.6 is 0 Å². The third-order valence-corrected chi connectivity index (χ3v) is 7.76. The van der Waals surface area contributed by atoms with Gasteiger partial charge in [-0.15, -0.1) is 0 Å². The Kier molecular flexibility index (Phi) is 5.83. The second-order valence-electron chi connectivity index (χ2n) is 9.71. The summed E-state index contributed by atoms with van der Waals surface area (Å²) < 4.78 is 12.1. The van der Waals surface area contributed by atoms with Crippen molar-refractivity contribution in [2.45, 2.75) is 76.9 Å². The summed E-state index contributed by atoms with van der Waals surface area (Å²) in [6, 6.07) is 8.07. The zero-order valence-corrected chi connectivity index (χ0v) is 17.6. The molecule has 1 heterocycles. The molecule has 0 spiro atoms. The normalized spacial score (nSPS) is 33.0. The molecule has 1 aromatic carbocycles. The number of benzene rings is 1. The number of hydrogen-bond acceptors (Lipinski definition) is 4. The van der Waals surface area contributed by atoms with Gasteiger partial charge in [-0.25, -0.2) is 0 Å². The molecule has 5 atom stereocenters. The van der Waals surface area contributed by atoms with Gasteiger partial charge in [0.25, 0.3) is 5.91 Å². The Balaban J connectivity index is 1.22. The van der Waals surface area contributed by atoms with Gasteiger partial charge in [0.2, 0.25) is 6.29 Å². The van der Waals surface area contributed by atoms with Crippen LogP contribution in [0.15, 0.2) is 36.1 Å². The molecule has 0 saturated heterocycles. The number of carbonyl (C=O) groups is 1. The number of carbonyl (C=O) groups excluding carboxylic acids is 1. The minimum atomic E-state index is -0.390. The Hall–Kier alpha value is -1.85. The smallest absolute Gasteiger partial charge is 0.286 e. The molecule has 1 aliphatic heterocycles. The van der Waals surface area contributed by atoms with E-state index < -0.39 is 0 Å². The van der Waals surface area contributed by atoms with E-state index in [-0.39, 0.29) is 18.8 Å². The molecule has 2 N–H and O–H groups in total. The van der Waals surface area contributed by atoms with Gasteiger partial charge >= 0.3 is 0 Å². The van der Waals surface area contributed by atoms with E-state index >= 15 is 0 Å². The quantitative estimate of drug-likeness (QED) is 0.710. The van der Waals surface area contributed by atoms with Gasteiger partial charge in [0, 0.05) is 12.5 Å². The van der Waals surface area contributed by atoms with E-state index in [4.69, 9.17) is 9.47 Å². The van der Waals surface area contributed by atoms with Crippen LogP contribution in [0.1, 0.15) is 62.5 Å². The van der Waals surface area contributed by atoms with Crippen LogP contribution in [0.5, 0.6) is 0 Å². The summed E-state index contributed by atoms with van der Waals surface area (Å²) in [5, 5.41) is 12.5. The van der Waals surface area contributed by atoms with Crippen molar-refractivity contribution < 1.29 is 19.4 Å². The molecule has 3 unspecified atom stereocenters. The number of ether oxygens (including phenoxy) is 2. The molecule has 4 aliphatic rings. The monoisotopic (exact) mass is 411 g/mol. The minimum Gasteiger partial charge on any atom is -0.459 e. The lowest BCUT2D eigenvalue weighted by molar-refractivity contribution is -0.157. The second kappa shape index (κ2) is 8.72. The van der Waals surface area contributed by atoms with Crippen molar-refractivity contribution in [3.63, 3.8) is 0 Å². The van der Waals surface area contributed by atoms with Crippen molar-refractivity contribution >= 4 is 5.91 Å². The van der Waals surface area contributed by atoms with Crippen molar-refractivity contribution in [2.24, 2.45) is 23.7 Å². The number of hydrogen-bond donors (Lipinski definition) is 2. The average molecular weight is 412 g/mol. The maximum Gasteiger partial charge on any atom is 0.286 e. The first-order chi connectivity index (χ1) is 14.7. The molecule has 0 radical (unpaired) electrons. The average Bonchev–Trinajstić information content (AvgIpc) is 3.34. The number of allylic oxidation sites excluding steroid dienone is 1. The van der Waals surface area contributed by atoms with Crippen molar-refractivity contribution in [1.29, 1.82) is 0 Å². The molecular weight excluding hydrogens is 378 g/mol. The van der Waals surface area contributed by atoms with Crippen LogP contribution in [-0.2, 0) is 27.5 Å². The van der Waals surface area contributed by atoms with E-state index in [2.05, 4.69) is 11.4 Å². The molecule has 1 amide bonds. The van der Waals surface area contributed by atoms with E-state index in [1.54, 1.807) is 0 Å². The van der Waals surface area contributed by atoms with Gasteiger partial charge in [-0.3, -0.25) is 4.79 Å². The van der Waals surface area contributed by atoms with E-state index in [0.29, 0.717) is 36.2 Å². The Bertz CT molecular complexity index is 785. The van der Waals surface area contributed by atoms with Crippen LogP contribution in [0, 0.1) is 23.7 Å². The van der Waals surface area contributed by atoms with Gasteiger partial charge in [0.05, 0.1) is 13.2 Å². The molecule has 0 aromatic heterocycles. The summed E-state index contributed by atoms with van der Waals surface area (Å²) >= 11 is 0. The number of nitrogens with one attached hydrogen (secondary N) is 1. The van der Waals surface area contributed by atoms with Gasteiger partial charge in [-0.05, 0) is 73.0 Å². The van der Waals surface area contributed by atoms with Gasteiger partial charge in [0.1, 0.15) is 0 Å². The van der Waals surface area contributed by atoms with E-state index in [0.717, 1.165) is 29.9 Å². The molecule has 162 valence electrons. The molecule has 1 aromatic rings. The Morgan fingerprint density at radius 1 is 1.03 bits per heavy atom.